The van der Waals surface area contributed by atoms with Gasteiger partial charge in [0.05, 0.1) is 5.52 Å². The highest BCUT2D eigenvalue weighted by atomic mass is 14.7. The molecule has 0 bridgehead atoms. The van der Waals surface area contributed by atoms with Crippen LogP contribution >= 0.6 is 0 Å². The molecule has 18 heavy (non-hydrogen) atoms. The first-order valence-corrected chi connectivity index (χ1v) is 6.43. The van der Waals surface area contributed by atoms with Gasteiger partial charge >= 0.3 is 0 Å². The first-order chi connectivity index (χ1) is 8.84. The van der Waals surface area contributed by atoms with Crippen LogP contribution in [0.4, 0.5) is 5.69 Å². The quantitative estimate of drug-likeness (QED) is 0.605. The number of hydrogen-bond donors (Lipinski definition) is 1. The molecular formula is C16H14N2. The molecule has 1 aromatic heterocycles. The number of hydrogen-bond acceptors (Lipinski definition) is 2. The van der Waals surface area contributed by atoms with Crippen LogP contribution in [0.15, 0.2) is 36.4 Å². The lowest BCUT2D eigenvalue weighted by Gasteiger charge is -2.10. The van der Waals surface area contributed by atoms with E-state index >= 15 is 0 Å². The van der Waals surface area contributed by atoms with Gasteiger partial charge in [0, 0.05) is 22.2 Å². The van der Waals surface area contributed by atoms with Gasteiger partial charge in [-0.15, -0.1) is 0 Å². The third-order valence-electron chi connectivity index (χ3n) is 3.95. The van der Waals surface area contributed by atoms with Crippen LogP contribution in [0.25, 0.3) is 21.7 Å². The minimum atomic E-state index is 0.943. The maximum Gasteiger partial charge on any atom is 0.0804 e. The van der Waals surface area contributed by atoms with Crippen molar-refractivity contribution in [1.29, 1.82) is 0 Å². The minimum Gasteiger partial charge on any atom is -0.398 e. The van der Waals surface area contributed by atoms with Crippen molar-refractivity contribution in [1.82, 2.24) is 4.98 Å². The van der Waals surface area contributed by atoms with Crippen LogP contribution in [0.3, 0.4) is 0 Å². The fourth-order valence-corrected chi connectivity index (χ4v) is 3.03. The van der Waals surface area contributed by atoms with Gasteiger partial charge in [-0.25, -0.2) is 0 Å². The van der Waals surface area contributed by atoms with Gasteiger partial charge in [0.2, 0.25) is 0 Å². The lowest BCUT2D eigenvalue weighted by Crippen LogP contribution is -1.98. The summed E-state index contributed by atoms with van der Waals surface area (Å²) in [5, 5.41) is 3.54. The number of rotatable bonds is 0. The molecule has 0 saturated heterocycles. The zero-order chi connectivity index (χ0) is 12.1. The molecule has 88 valence electrons. The van der Waals surface area contributed by atoms with Gasteiger partial charge in [0.15, 0.2) is 0 Å². The van der Waals surface area contributed by atoms with E-state index in [1.807, 2.05) is 0 Å². The molecule has 1 heterocycles. The highest BCUT2D eigenvalue weighted by Gasteiger charge is 2.18. The fraction of sp³-hybridized carbons (Fsp3) is 0.188. The molecule has 0 spiro atoms. The Hall–Kier alpha value is -2.09. The summed E-state index contributed by atoms with van der Waals surface area (Å²) >= 11 is 0. The number of anilines is 1. The molecule has 0 unspecified atom stereocenters. The first-order valence-electron chi connectivity index (χ1n) is 6.43. The average Bonchev–Trinajstić information content (AvgIpc) is 2.87. The Bertz CT molecular complexity index is 775. The van der Waals surface area contributed by atoms with Crippen LogP contribution in [-0.2, 0) is 12.8 Å². The lowest BCUT2D eigenvalue weighted by atomic mass is 10.0. The van der Waals surface area contributed by atoms with E-state index in [0.717, 1.165) is 29.4 Å². The third kappa shape index (κ3) is 1.20. The number of pyridine rings is 1. The molecule has 2 heteroatoms. The number of nitrogens with two attached hydrogens (primary N) is 1. The number of benzene rings is 2. The van der Waals surface area contributed by atoms with E-state index in [9.17, 15) is 0 Å². The molecule has 2 nitrogen and oxygen atoms in total. The second-order valence-electron chi connectivity index (χ2n) is 4.99. The SMILES string of the molecule is Nc1c2c(nc3c1ccc1ccccc13)CCC2. The van der Waals surface area contributed by atoms with E-state index in [1.165, 1.54) is 28.5 Å². The van der Waals surface area contributed by atoms with Gasteiger partial charge in [-0.1, -0.05) is 36.4 Å². The van der Waals surface area contributed by atoms with Crippen molar-refractivity contribution >= 4 is 27.4 Å². The second kappa shape index (κ2) is 3.45. The van der Waals surface area contributed by atoms with Gasteiger partial charge in [-0.05, 0) is 30.2 Å². The number of fused-ring (bicyclic) bond motifs is 4. The summed E-state index contributed by atoms with van der Waals surface area (Å²) in [4.78, 5) is 4.86. The molecule has 4 rings (SSSR count). The van der Waals surface area contributed by atoms with Crippen LogP contribution in [0.2, 0.25) is 0 Å². The largest absolute Gasteiger partial charge is 0.398 e. The minimum absolute atomic E-state index is 0.943. The Kier molecular flexibility index (Phi) is 1.90. The molecule has 0 radical (unpaired) electrons. The van der Waals surface area contributed by atoms with E-state index < -0.39 is 0 Å². The van der Waals surface area contributed by atoms with Gasteiger partial charge in [0.25, 0.3) is 0 Å². The molecular weight excluding hydrogens is 220 g/mol. The van der Waals surface area contributed by atoms with E-state index in [4.69, 9.17) is 10.7 Å². The summed E-state index contributed by atoms with van der Waals surface area (Å²) in [5.74, 6) is 0. The Balaban J connectivity index is 2.23. The highest BCUT2D eigenvalue weighted by molar-refractivity contribution is 6.09. The Morgan fingerprint density at radius 3 is 2.78 bits per heavy atom. The number of aromatic nitrogens is 1. The molecule has 0 saturated carbocycles. The smallest absolute Gasteiger partial charge is 0.0804 e. The van der Waals surface area contributed by atoms with Gasteiger partial charge in [-0.3, -0.25) is 4.98 Å². The van der Waals surface area contributed by atoms with Crippen LogP contribution in [0, 0.1) is 0 Å². The van der Waals surface area contributed by atoms with E-state index in [-0.39, 0.29) is 0 Å². The summed E-state index contributed by atoms with van der Waals surface area (Å²) in [6, 6.07) is 12.6. The molecule has 0 atom stereocenters. The molecule has 2 aromatic carbocycles. The van der Waals surface area contributed by atoms with E-state index in [2.05, 4.69) is 36.4 Å². The average molecular weight is 234 g/mol. The molecule has 3 aromatic rings. The van der Waals surface area contributed by atoms with E-state index in [0.29, 0.717) is 0 Å². The predicted molar refractivity (Wildman–Crippen MR) is 75.7 cm³/mol. The predicted octanol–water partition coefficient (Wildman–Crippen LogP) is 3.46. The number of aryl methyl sites for hydroxylation is 1. The zero-order valence-electron chi connectivity index (χ0n) is 10.1. The van der Waals surface area contributed by atoms with Crippen molar-refractivity contribution < 1.29 is 0 Å². The monoisotopic (exact) mass is 234 g/mol. The molecule has 0 amide bonds. The maximum absolute atomic E-state index is 6.32. The summed E-state index contributed by atoms with van der Waals surface area (Å²) in [6.45, 7) is 0. The normalized spacial score (nSPS) is 14.2. The van der Waals surface area contributed by atoms with Crippen molar-refractivity contribution in [2.24, 2.45) is 0 Å². The van der Waals surface area contributed by atoms with Crippen LogP contribution in [0.1, 0.15) is 17.7 Å². The summed E-state index contributed by atoms with van der Waals surface area (Å²) in [5.41, 5.74) is 10.8. The van der Waals surface area contributed by atoms with Crippen molar-refractivity contribution in [3.05, 3.63) is 47.7 Å². The molecule has 1 aliphatic rings. The van der Waals surface area contributed by atoms with Crippen molar-refractivity contribution in [2.75, 3.05) is 5.73 Å². The van der Waals surface area contributed by atoms with Crippen molar-refractivity contribution in [2.45, 2.75) is 19.3 Å². The van der Waals surface area contributed by atoms with Crippen LogP contribution in [0.5, 0.6) is 0 Å². The molecule has 2 N–H and O–H groups in total. The van der Waals surface area contributed by atoms with Gasteiger partial charge in [0.1, 0.15) is 0 Å². The van der Waals surface area contributed by atoms with Crippen molar-refractivity contribution in [3.63, 3.8) is 0 Å². The lowest BCUT2D eigenvalue weighted by molar-refractivity contribution is 0.901. The van der Waals surface area contributed by atoms with Crippen LogP contribution < -0.4 is 5.73 Å². The van der Waals surface area contributed by atoms with E-state index in [1.54, 1.807) is 0 Å². The summed E-state index contributed by atoms with van der Waals surface area (Å²) in [7, 11) is 0. The second-order valence-corrected chi connectivity index (χ2v) is 4.99. The zero-order valence-corrected chi connectivity index (χ0v) is 10.1. The van der Waals surface area contributed by atoms with Gasteiger partial charge < -0.3 is 5.73 Å². The molecule has 0 fully saturated rings. The highest BCUT2D eigenvalue weighted by Crippen LogP contribution is 2.34. The van der Waals surface area contributed by atoms with Crippen molar-refractivity contribution in [3.8, 4) is 0 Å². The Morgan fingerprint density at radius 2 is 1.83 bits per heavy atom. The number of nitrogens with zero attached hydrogens (tertiary/aromatic N) is 1. The first kappa shape index (κ1) is 9.89. The maximum atomic E-state index is 6.32. The topological polar surface area (TPSA) is 38.9 Å². The fourth-order valence-electron chi connectivity index (χ4n) is 3.03. The Labute approximate surface area is 105 Å². The summed E-state index contributed by atoms with van der Waals surface area (Å²) in [6.07, 6.45) is 3.33. The molecule has 1 aliphatic carbocycles. The van der Waals surface area contributed by atoms with Gasteiger partial charge in [-0.2, -0.15) is 0 Å². The molecule has 0 aliphatic heterocycles. The standard InChI is InChI=1S/C16H14N2/c17-15-12-6-3-7-14(12)18-16-11-5-2-1-4-10(11)8-9-13(15)16/h1-2,4-5,8-9H,3,6-7H2,(H2,17,18). The number of nitrogen functional groups attached to an aromatic ring is 1. The summed E-state index contributed by atoms with van der Waals surface area (Å²) < 4.78 is 0. The Morgan fingerprint density at radius 1 is 0.944 bits per heavy atom. The van der Waals surface area contributed by atoms with Crippen LogP contribution in [-0.4, -0.2) is 4.98 Å². The third-order valence-corrected chi connectivity index (χ3v) is 3.95.